The minimum atomic E-state index is 0.0155. The molecule has 0 atom stereocenters. The number of carbonyl (C=O) groups excluding carboxylic acids is 1. The fourth-order valence-corrected chi connectivity index (χ4v) is 3.52. The van der Waals surface area contributed by atoms with Crippen LogP contribution in [0, 0.1) is 0 Å². The average Bonchev–Trinajstić information content (AvgIpc) is 3.15. The highest BCUT2D eigenvalue weighted by molar-refractivity contribution is 7.99. The van der Waals surface area contributed by atoms with E-state index in [4.69, 9.17) is 0 Å². The van der Waals surface area contributed by atoms with Crippen LogP contribution in [0.15, 0.2) is 60.0 Å². The molecule has 2 heterocycles. The van der Waals surface area contributed by atoms with Gasteiger partial charge in [0.25, 0.3) is 0 Å². The van der Waals surface area contributed by atoms with Gasteiger partial charge >= 0.3 is 0 Å². The highest BCUT2D eigenvalue weighted by Crippen LogP contribution is 2.27. The number of para-hydroxylation sites is 1. The van der Waals surface area contributed by atoms with Crippen LogP contribution in [0.25, 0.3) is 17.1 Å². The lowest BCUT2D eigenvalue weighted by atomic mass is 10.2. The average molecular weight is 382 g/mol. The van der Waals surface area contributed by atoms with Crippen LogP contribution in [0.2, 0.25) is 0 Å². The molecule has 0 unspecified atom stereocenters. The summed E-state index contributed by atoms with van der Waals surface area (Å²) in [5.41, 5.74) is 1.88. The van der Waals surface area contributed by atoms with Crippen molar-refractivity contribution in [3.05, 3.63) is 54.9 Å². The molecule has 0 aliphatic rings. The molecule has 0 radical (unpaired) electrons. The van der Waals surface area contributed by atoms with Crippen LogP contribution < -0.4 is 5.32 Å². The third-order valence-electron chi connectivity index (χ3n) is 4.27. The fourth-order valence-electron chi connectivity index (χ4n) is 2.75. The number of rotatable bonds is 8. The normalized spacial score (nSPS) is 10.9. The number of pyridine rings is 1. The van der Waals surface area contributed by atoms with E-state index in [9.17, 15) is 4.79 Å². The van der Waals surface area contributed by atoms with E-state index in [1.165, 1.54) is 11.8 Å². The molecule has 0 fully saturated rings. The molecule has 27 heavy (non-hydrogen) atoms. The van der Waals surface area contributed by atoms with E-state index in [1.807, 2.05) is 47.0 Å². The zero-order valence-electron chi connectivity index (χ0n) is 15.5. The Bertz CT molecular complexity index is 863. The number of thioether (sulfide) groups is 1. The van der Waals surface area contributed by atoms with E-state index >= 15 is 0 Å². The number of amides is 1. The lowest BCUT2D eigenvalue weighted by molar-refractivity contribution is -0.119. The van der Waals surface area contributed by atoms with Crippen molar-refractivity contribution in [1.29, 1.82) is 0 Å². The first-order valence-corrected chi connectivity index (χ1v) is 10.0. The molecule has 2 aromatic heterocycles. The molecule has 1 amide bonds. The van der Waals surface area contributed by atoms with Gasteiger partial charge in [-0.1, -0.05) is 43.8 Å². The SMILES string of the molecule is CCC(CC)NC(=O)CSc1nnc(-c2ccncc2)n1-c1ccccc1. The van der Waals surface area contributed by atoms with Crippen LogP contribution in [-0.2, 0) is 4.79 Å². The van der Waals surface area contributed by atoms with Gasteiger partial charge in [0.1, 0.15) is 0 Å². The van der Waals surface area contributed by atoms with Gasteiger partial charge in [-0.25, -0.2) is 0 Å². The zero-order chi connectivity index (χ0) is 19.1. The Morgan fingerprint density at radius 3 is 2.44 bits per heavy atom. The van der Waals surface area contributed by atoms with Crippen molar-refractivity contribution < 1.29 is 4.79 Å². The molecule has 0 spiro atoms. The van der Waals surface area contributed by atoms with E-state index in [0.29, 0.717) is 10.9 Å². The summed E-state index contributed by atoms with van der Waals surface area (Å²) in [5.74, 6) is 1.05. The van der Waals surface area contributed by atoms with Gasteiger partial charge in [-0.15, -0.1) is 10.2 Å². The van der Waals surface area contributed by atoms with Gasteiger partial charge in [-0.2, -0.15) is 0 Å². The van der Waals surface area contributed by atoms with Crippen LogP contribution in [0.5, 0.6) is 0 Å². The first-order chi connectivity index (χ1) is 13.2. The van der Waals surface area contributed by atoms with Crippen LogP contribution in [0.1, 0.15) is 26.7 Å². The first-order valence-electron chi connectivity index (χ1n) is 9.06. The predicted molar refractivity (Wildman–Crippen MR) is 108 cm³/mol. The van der Waals surface area contributed by atoms with Crippen LogP contribution in [0.3, 0.4) is 0 Å². The topological polar surface area (TPSA) is 72.7 Å². The Hall–Kier alpha value is -2.67. The lowest BCUT2D eigenvalue weighted by Crippen LogP contribution is -2.35. The molecule has 1 N–H and O–H groups in total. The lowest BCUT2D eigenvalue weighted by Gasteiger charge is -2.14. The Morgan fingerprint density at radius 2 is 1.78 bits per heavy atom. The van der Waals surface area contributed by atoms with Crippen molar-refractivity contribution in [2.75, 3.05) is 5.75 Å². The van der Waals surface area contributed by atoms with Gasteiger partial charge in [0.05, 0.1) is 5.75 Å². The molecule has 6 nitrogen and oxygen atoms in total. The van der Waals surface area contributed by atoms with Crippen molar-refractivity contribution in [2.24, 2.45) is 0 Å². The predicted octanol–water partition coefficient (Wildman–Crippen LogP) is 3.73. The Morgan fingerprint density at radius 1 is 1.07 bits per heavy atom. The minimum Gasteiger partial charge on any atom is -0.353 e. The summed E-state index contributed by atoms with van der Waals surface area (Å²) < 4.78 is 1.98. The molecule has 1 aromatic carbocycles. The molecule has 7 heteroatoms. The smallest absolute Gasteiger partial charge is 0.230 e. The van der Waals surface area contributed by atoms with E-state index < -0.39 is 0 Å². The van der Waals surface area contributed by atoms with Crippen LogP contribution in [-0.4, -0.2) is 37.5 Å². The number of hydrogen-bond donors (Lipinski definition) is 1. The highest BCUT2D eigenvalue weighted by Gasteiger charge is 2.17. The van der Waals surface area contributed by atoms with Gasteiger partial charge < -0.3 is 5.32 Å². The van der Waals surface area contributed by atoms with Crippen molar-refractivity contribution in [1.82, 2.24) is 25.1 Å². The first kappa shape index (κ1) is 19.1. The van der Waals surface area contributed by atoms with Gasteiger partial charge in [-0.05, 0) is 37.1 Å². The summed E-state index contributed by atoms with van der Waals surface area (Å²) in [6.45, 7) is 4.16. The fraction of sp³-hybridized carbons (Fsp3) is 0.300. The van der Waals surface area contributed by atoms with Crippen LogP contribution in [0.4, 0.5) is 0 Å². The number of benzene rings is 1. The molecule has 140 valence electrons. The molecule has 0 aliphatic carbocycles. The second-order valence-electron chi connectivity index (χ2n) is 6.08. The standard InChI is InChI=1S/C20H23N5OS/c1-3-16(4-2)22-18(26)14-27-20-24-23-19(15-10-12-21-13-11-15)25(20)17-8-6-5-7-9-17/h5-13,16H,3-4,14H2,1-2H3,(H,22,26). The Labute approximate surface area is 163 Å². The molecule has 0 aliphatic heterocycles. The molecule has 0 bridgehead atoms. The monoisotopic (exact) mass is 381 g/mol. The zero-order valence-corrected chi connectivity index (χ0v) is 16.3. The Kier molecular flexibility index (Phi) is 6.59. The largest absolute Gasteiger partial charge is 0.353 e. The van der Waals surface area contributed by atoms with E-state index in [1.54, 1.807) is 12.4 Å². The minimum absolute atomic E-state index is 0.0155. The van der Waals surface area contributed by atoms with Gasteiger partial charge in [0, 0.05) is 29.7 Å². The number of nitrogens with one attached hydrogen (secondary N) is 1. The second kappa shape index (κ2) is 9.32. The molecule has 3 rings (SSSR count). The molecular weight excluding hydrogens is 358 g/mol. The summed E-state index contributed by atoms with van der Waals surface area (Å²) >= 11 is 1.39. The maximum absolute atomic E-state index is 12.3. The van der Waals surface area contributed by atoms with Crippen molar-refractivity contribution in [2.45, 2.75) is 37.9 Å². The van der Waals surface area contributed by atoms with Crippen molar-refractivity contribution in [3.8, 4) is 17.1 Å². The second-order valence-corrected chi connectivity index (χ2v) is 7.03. The van der Waals surface area contributed by atoms with Crippen molar-refractivity contribution in [3.63, 3.8) is 0 Å². The highest BCUT2D eigenvalue weighted by atomic mass is 32.2. The molecule has 3 aromatic rings. The molecule has 0 saturated carbocycles. The third-order valence-corrected chi connectivity index (χ3v) is 5.20. The number of nitrogens with zero attached hydrogens (tertiary/aromatic N) is 4. The molecule has 0 saturated heterocycles. The molecular formula is C20H23N5OS. The van der Waals surface area contributed by atoms with E-state index in [0.717, 1.165) is 29.9 Å². The summed E-state index contributed by atoms with van der Waals surface area (Å²) in [6, 6.07) is 13.9. The van der Waals surface area contributed by atoms with Crippen molar-refractivity contribution >= 4 is 17.7 Å². The van der Waals surface area contributed by atoms with Gasteiger partial charge in [0.2, 0.25) is 5.91 Å². The number of hydrogen-bond acceptors (Lipinski definition) is 5. The Balaban J connectivity index is 1.85. The van der Waals surface area contributed by atoms with Crippen LogP contribution >= 0.6 is 11.8 Å². The summed E-state index contributed by atoms with van der Waals surface area (Å²) in [7, 11) is 0. The maximum Gasteiger partial charge on any atom is 0.230 e. The number of carbonyl (C=O) groups is 1. The number of aromatic nitrogens is 4. The maximum atomic E-state index is 12.3. The summed E-state index contributed by atoms with van der Waals surface area (Å²) in [6.07, 6.45) is 5.32. The van der Waals surface area contributed by atoms with Gasteiger partial charge in [0.15, 0.2) is 11.0 Å². The van der Waals surface area contributed by atoms with E-state index in [-0.39, 0.29) is 11.9 Å². The van der Waals surface area contributed by atoms with E-state index in [2.05, 4.69) is 34.3 Å². The summed E-state index contributed by atoms with van der Waals surface area (Å²) in [4.78, 5) is 16.3. The third kappa shape index (κ3) is 4.74. The summed E-state index contributed by atoms with van der Waals surface area (Å²) in [5, 5.41) is 12.4. The van der Waals surface area contributed by atoms with Gasteiger partial charge in [-0.3, -0.25) is 14.3 Å². The quantitative estimate of drug-likeness (QED) is 0.602.